The molecule has 0 radical (unpaired) electrons. The average molecular weight is 682 g/mol. The molecule has 3 aromatic carbocycles. The first-order valence-electron chi connectivity index (χ1n) is 18.5. The molecule has 2 unspecified atom stereocenters. The van der Waals surface area contributed by atoms with E-state index in [9.17, 15) is 19.2 Å². The highest BCUT2D eigenvalue weighted by atomic mass is 16.2. The number of likely N-dealkylation sites (tertiary alicyclic amines) is 2. The number of benzene rings is 3. The molecule has 4 amide bonds. The van der Waals surface area contributed by atoms with Gasteiger partial charge >= 0.3 is 0 Å². The summed E-state index contributed by atoms with van der Waals surface area (Å²) in [4.78, 5) is 59.0. The number of amides is 4. The second-order valence-corrected chi connectivity index (χ2v) is 14.6. The number of carbonyl (C=O) groups is 4. The third-order valence-electron chi connectivity index (χ3n) is 10.8. The number of piperidine rings is 2. The lowest BCUT2D eigenvalue weighted by atomic mass is 9.74. The smallest absolute Gasteiger partial charge is 0.245 e. The second kappa shape index (κ2) is 17.1. The maximum absolute atomic E-state index is 14.6. The van der Waals surface area contributed by atoms with Crippen molar-refractivity contribution in [1.29, 1.82) is 0 Å². The maximum atomic E-state index is 14.6. The van der Waals surface area contributed by atoms with Gasteiger partial charge in [0.05, 0.1) is 5.41 Å². The summed E-state index contributed by atoms with van der Waals surface area (Å²) in [6.07, 6.45) is 6.50. The van der Waals surface area contributed by atoms with Gasteiger partial charge in [-0.25, -0.2) is 0 Å². The Bertz CT molecular complexity index is 1620. The van der Waals surface area contributed by atoms with E-state index in [1.54, 1.807) is 0 Å². The minimum Gasteiger partial charge on any atom is -0.356 e. The normalized spacial score (nSPS) is 19.5. The molecule has 50 heavy (non-hydrogen) atoms. The molecule has 2 aliphatic heterocycles. The molecule has 9 nitrogen and oxygen atoms in total. The van der Waals surface area contributed by atoms with E-state index in [-0.39, 0.29) is 30.2 Å². The Morgan fingerprint density at radius 1 is 0.800 bits per heavy atom. The van der Waals surface area contributed by atoms with Crippen molar-refractivity contribution in [2.45, 2.75) is 84.1 Å². The van der Waals surface area contributed by atoms with Crippen LogP contribution in [-0.2, 0) is 32.0 Å². The van der Waals surface area contributed by atoms with Crippen LogP contribution in [-0.4, -0.2) is 78.7 Å². The topological polar surface area (TPSA) is 125 Å². The third kappa shape index (κ3) is 9.10. The molecule has 2 saturated heterocycles. The number of rotatable bonds is 14. The van der Waals surface area contributed by atoms with Crippen LogP contribution in [0.1, 0.15) is 76.3 Å². The maximum Gasteiger partial charge on any atom is 0.245 e. The summed E-state index contributed by atoms with van der Waals surface area (Å²) in [7, 11) is 0. The van der Waals surface area contributed by atoms with E-state index >= 15 is 0 Å². The Hall–Kier alpha value is -4.24. The molecule has 2 atom stereocenters. The number of hydrogen-bond donors (Lipinski definition) is 3. The molecule has 268 valence electrons. The van der Waals surface area contributed by atoms with Crippen molar-refractivity contribution >= 4 is 34.4 Å². The predicted molar refractivity (Wildman–Crippen MR) is 198 cm³/mol. The zero-order valence-corrected chi connectivity index (χ0v) is 29.9. The second-order valence-electron chi connectivity index (χ2n) is 14.6. The molecule has 9 heteroatoms. The van der Waals surface area contributed by atoms with Crippen LogP contribution in [0.5, 0.6) is 0 Å². The summed E-state index contributed by atoms with van der Waals surface area (Å²) in [6.45, 7) is 6.86. The molecule has 0 aliphatic carbocycles. The summed E-state index contributed by atoms with van der Waals surface area (Å²) in [5, 5.41) is 8.44. The van der Waals surface area contributed by atoms with E-state index in [2.05, 4.69) is 34.9 Å². The molecule has 4 N–H and O–H groups in total. The van der Waals surface area contributed by atoms with Crippen LogP contribution in [0.15, 0.2) is 72.8 Å². The van der Waals surface area contributed by atoms with Gasteiger partial charge < -0.3 is 26.2 Å². The van der Waals surface area contributed by atoms with Crippen molar-refractivity contribution in [2.24, 2.45) is 16.6 Å². The van der Waals surface area contributed by atoms with E-state index in [0.717, 1.165) is 41.2 Å². The zero-order chi connectivity index (χ0) is 35.6. The molecule has 0 saturated carbocycles. The Morgan fingerprint density at radius 2 is 1.52 bits per heavy atom. The number of unbranched alkanes of at least 4 members (excludes halogenated alkanes) is 2. The average Bonchev–Trinajstić information content (AvgIpc) is 3.13. The van der Waals surface area contributed by atoms with Crippen molar-refractivity contribution in [3.63, 3.8) is 0 Å². The van der Waals surface area contributed by atoms with Gasteiger partial charge in [0, 0.05) is 51.0 Å². The Labute approximate surface area is 297 Å². The van der Waals surface area contributed by atoms with Gasteiger partial charge in [-0.3, -0.25) is 19.2 Å². The fraction of sp³-hybridized carbons (Fsp3) is 0.512. The molecule has 3 aromatic rings. The van der Waals surface area contributed by atoms with E-state index in [1.165, 1.54) is 0 Å². The monoisotopic (exact) mass is 681 g/mol. The highest BCUT2D eigenvalue weighted by molar-refractivity contribution is 5.92. The lowest BCUT2D eigenvalue weighted by Crippen LogP contribution is -2.59. The first kappa shape index (κ1) is 37.0. The first-order chi connectivity index (χ1) is 24.2. The quantitative estimate of drug-likeness (QED) is 0.207. The van der Waals surface area contributed by atoms with Crippen LogP contribution in [0.2, 0.25) is 0 Å². The van der Waals surface area contributed by atoms with Gasteiger partial charge in [0.1, 0.15) is 6.04 Å². The van der Waals surface area contributed by atoms with E-state index < -0.39 is 16.9 Å². The highest BCUT2D eigenvalue weighted by Gasteiger charge is 2.45. The number of fused-ring (bicyclic) bond motifs is 1. The number of nitrogens with two attached hydrogens (primary N) is 1. The van der Waals surface area contributed by atoms with E-state index in [4.69, 9.17) is 5.73 Å². The molecule has 2 aliphatic rings. The molecular weight excluding hydrogens is 626 g/mol. The SMILES string of the molecule is CCNC(=O)C1(Cc2ccccc2)CCCN(C(=O)C(Cc2ccc3ccccc3c2)NC(=O)C2(C)CCN(C(=O)CCCCCN)CC2)C1. The van der Waals surface area contributed by atoms with Crippen molar-refractivity contribution in [2.75, 3.05) is 39.3 Å². The largest absolute Gasteiger partial charge is 0.356 e. The molecule has 5 rings (SSSR count). The molecule has 0 bridgehead atoms. The van der Waals surface area contributed by atoms with Crippen LogP contribution in [0, 0.1) is 10.8 Å². The predicted octanol–water partition coefficient (Wildman–Crippen LogP) is 5.00. The van der Waals surface area contributed by atoms with Crippen LogP contribution in [0.25, 0.3) is 10.8 Å². The number of nitrogens with zero attached hydrogens (tertiary/aromatic N) is 2. The van der Waals surface area contributed by atoms with Gasteiger partial charge in [-0.2, -0.15) is 0 Å². The van der Waals surface area contributed by atoms with Crippen LogP contribution in [0.4, 0.5) is 0 Å². The van der Waals surface area contributed by atoms with Gasteiger partial charge in [0.2, 0.25) is 23.6 Å². The fourth-order valence-corrected chi connectivity index (χ4v) is 7.65. The van der Waals surface area contributed by atoms with E-state index in [1.807, 2.05) is 72.2 Å². The minimum atomic E-state index is -0.801. The Morgan fingerprint density at radius 3 is 2.24 bits per heavy atom. The van der Waals surface area contributed by atoms with Crippen LogP contribution >= 0.6 is 0 Å². The van der Waals surface area contributed by atoms with Crippen molar-refractivity contribution in [3.8, 4) is 0 Å². The van der Waals surface area contributed by atoms with Gasteiger partial charge in [0.15, 0.2) is 0 Å². The van der Waals surface area contributed by atoms with Gasteiger partial charge in [-0.15, -0.1) is 0 Å². The number of hydrogen-bond acceptors (Lipinski definition) is 5. The summed E-state index contributed by atoms with van der Waals surface area (Å²) < 4.78 is 0. The van der Waals surface area contributed by atoms with Crippen molar-refractivity contribution < 1.29 is 19.2 Å². The Balaban J connectivity index is 1.35. The lowest BCUT2D eigenvalue weighted by Gasteiger charge is -2.43. The van der Waals surface area contributed by atoms with Crippen molar-refractivity contribution in [3.05, 3.63) is 83.9 Å². The third-order valence-corrected chi connectivity index (χ3v) is 10.8. The molecule has 2 heterocycles. The molecule has 2 fully saturated rings. The van der Waals surface area contributed by atoms with Crippen molar-refractivity contribution in [1.82, 2.24) is 20.4 Å². The van der Waals surface area contributed by atoms with Gasteiger partial charge in [-0.1, -0.05) is 86.1 Å². The molecule has 0 aromatic heterocycles. The Kier molecular flexibility index (Phi) is 12.7. The summed E-state index contributed by atoms with van der Waals surface area (Å²) in [5.74, 6) is -0.237. The number of nitrogens with one attached hydrogen (secondary N) is 2. The lowest BCUT2D eigenvalue weighted by molar-refractivity contribution is -0.146. The van der Waals surface area contributed by atoms with Gasteiger partial charge in [-0.05, 0) is 80.3 Å². The van der Waals surface area contributed by atoms with Gasteiger partial charge in [0.25, 0.3) is 0 Å². The van der Waals surface area contributed by atoms with Crippen LogP contribution < -0.4 is 16.4 Å². The van der Waals surface area contributed by atoms with Crippen LogP contribution in [0.3, 0.4) is 0 Å². The molecular formula is C41H55N5O4. The standard InChI is InChI=1S/C41H55N5O4/c1-3-43-39(50)41(29-31-13-6-4-7-14-31)20-12-24-46(30-41)37(48)35(28-32-18-19-33-15-9-10-16-34(33)27-32)44-38(49)40(2)21-25-45(26-22-40)36(47)17-8-5-11-23-42/h4,6-7,9-10,13-16,18-19,27,35H,3,5,8,11-12,17,20-26,28-30,42H2,1-2H3,(H,43,50)(H,44,49). The van der Waals surface area contributed by atoms with E-state index in [0.29, 0.717) is 77.7 Å². The summed E-state index contributed by atoms with van der Waals surface area (Å²) in [5.41, 5.74) is 6.14. The summed E-state index contributed by atoms with van der Waals surface area (Å²) >= 11 is 0. The zero-order valence-electron chi connectivity index (χ0n) is 29.9. The highest BCUT2D eigenvalue weighted by Crippen LogP contribution is 2.36. The first-order valence-corrected chi connectivity index (χ1v) is 18.5. The molecule has 0 spiro atoms. The summed E-state index contributed by atoms with van der Waals surface area (Å²) in [6, 6.07) is 23.5. The fourth-order valence-electron chi connectivity index (χ4n) is 7.65. The minimum absolute atomic E-state index is 0.0373. The number of carbonyl (C=O) groups excluding carboxylic acids is 4.